The number of fused-ring (bicyclic) bond motifs is 1. The topological polar surface area (TPSA) is 98.7 Å². The van der Waals surface area contributed by atoms with Crippen molar-refractivity contribution in [1.82, 2.24) is 15.5 Å². The maximum absolute atomic E-state index is 13.5. The largest absolute Gasteiger partial charge is 0.394 e. The molecule has 1 aliphatic heterocycles. The Balaban J connectivity index is 1.93. The Morgan fingerprint density at radius 1 is 1.16 bits per heavy atom. The molecular formula is C24H33N3O4. The van der Waals surface area contributed by atoms with Gasteiger partial charge in [0.25, 0.3) is 0 Å². The van der Waals surface area contributed by atoms with E-state index < -0.39 is 29.8 Å². The van der Waals surface area contributed by atoms with Gasteiger partial charge in [-0.15, -0.1) is 0 Å². The molecule has 1 aromatic carbocycles. The summed E-state index contributed by atoms with van der Waals surface area (Å²) in [6.07, 6.45) is 5.64. The molecule has 1 heterocycles. The van der Waals surface area contributed by atoms with Crippen molar-refractivity contribution in [2.24, 2.45) is 23.7 Å². The lowest BCUT2D eigenvalue weighted by Gasteiger charge is -2.34. The smallest absolute Gasteiger partial charge is 0.243 e. The minimum Gasteiger partial charge on any atom is -0.394 e. The van der Waals surface area contributed by atoms with Gasteiger partial charge in [-0.3, -0.25) is 14.4 Å². The van der Waals surface area contributed by atoms with Gasteiger partial charge in [-0.1, -0.05) is 55.8 Å². The van der Waals surface area contributed by atoms with Crippen molar-refractivity contribution in [2.45, 2.75) is 45.3 Å². The Hall–Kier alpha value is -2.67. The van der Waals surface area contributed by atoms with Crippen molar-refractivity contribution in [3.05, 3.63) is 48.0 Å². The number of nitrogens with one attached hydrogen (secondary N) is 2. The van der Waals surface area contributed by atoms with Crippen molar-refractivity contribution in [2.75, 3.05) is 13.7 Å². The molecule has 1 aliphatic carbocycles. The van der Waals surface area contributed by atoms with Crippen LogP contribution >= 0.6 is 0 Å². The van der Waals surface area contributed by atoms with Crippen molar-refractivity contribution >= 4 is 17.7 Å². The predicted octanol–water partition coefficient (Wildman–Crippen LogP) is 1.48. The second-order valence-corrected chi connectivity index (χ2v) is 8.51. The van der Waals surface area contributed by atoms with E-state index in [2.05, 4.69) is 17.6 Å². The maximum atomic E-state index is 13.5. The van der Waals surface area contributed by atoms with Gasteiger partial charge >= 0.3 is 0 Å². The Morgan fingerprint density at radius 2 is 1.87 bits per heavy atom. The number of hydrogen-bond acceptors (Lipinski definition) is 4. The molecular weight excluding hydrogens is 394 g/mol. The second-order valence-electron chi connectivity index (χ2n) is 8.51. The first-order valence-corrected chi connectivity index (χ1v) is 11.1. The zero-order valence-corrected chi connectivity index (χ0v) is 18.5. The molecule has 0 spiro atoms. The lowest BCUT2D eigenvalue weighted by molar-refractivity contribution is -0.143. The Bertz CT molecular complexity index is 825. The monoisotopic (exact) mass is 427 g/mol. The summed E-state index contributed by atoms with van der Waals surface area (Å²) in [4.78, 5) is 41.1. The van der Waals surface area contributed by atoms with Crippen LogP contribution in [0.1, 0.15) is 32.3 Å². The number of aliphatic hydroxyl groups is 1. The van der Waals surface area contributed by atoms with Crippen LogP contribution < -0.4 is 10.6 Å². The van der Waals surface area contributed by atoms with E-state index in [-0.39, 0.29) is 30.2 Å². The minimum absolute atomic E-state index is 0.0486. The fourth-order valence-corrected chi connectivity index (χ4v) is 5.03. The summed E-state index contributed by atoms with van der Waals surface area (Å²) in [6, 6.07) is 8.30. The van der Waals surface area contributed by atoms with Crippen LogP contribution in [-0.2, 0) is 20.9 Å². The molecule has 6 atom stereocenters. The maximum Gasteiger partial charge on any atom is 0.243 e. The average molecular weight is 428 g/mol. The quantitative estimate of drug-likeness (QED) is 0.547. The van der Waals surface area contributed by atoms with Gasteiger partial charge in [-0.2, -0.15) is 0 Å². The molecule has 1 fully saturated rings. The van der Waals surface area contributed by atoms with Gasteiger partial charge in [-0.05, 0) is 24.8 Å². The van der Waals surface area contributed by atoms with Gasteiger partial charge in [0, 0.05) is 19.5 Å². The molecule has 2 aliphatic rings. The van der Waals surface area contributed by atoms with E-state index in [0.717, 1.165) is 18.4 Å². The number of amides is 3. The number of carbonyl (C=O) groups excluding carboxylic acids is 3. The lowest BCUT2D eigenvalue weighted by Crippen LogP contribution is -2.51. The number of nitrogens with zero attached hydrogens (tertiary/aromatic N) is 1. The number of rotatable bonds is 8. The zero-order chi connectivity index (χ0) is 22.5. The highest BCUT2D eigenvalue weighted by atomic mass is 16.3. The standard InChI is InChI=1S/C24H33N3O4/c1-4-8-17-11-12-18-20(19(17)22(29)25-3)24(31)27(15(2)14-28)21(18)23(30)26-13-16-9-6-5-7-10-16/h5-7,9-12,15,17-21,28H,4,8,13-14H2,1-3H3,(H,25,29)(H,26,30)/t15-,17-,18+,19-,20+,21+/m1/s1. The van der Waals surface area contributed by atoms with E-state index in [0.29, 0.717) is 6.54 Å². The average Bonchev–Trinajstić information content (AvgIpc) is 3.09. The van der Waals surface area contributed by atoms with Gasteiger partial charge in [0.05, 0.1) is 24.5 Å². The third-order valence-electron chi connectivity index (χ3n) is 6.54. The first-order valence-electron chi connectivity index (χ1n) is 11.1. The van der Waals surface area contributed by atoms with Crippen LogP contribution in [0.15, 0.2) is 42.5 Å². The van der Waals surface area contributed by atoms with E-state index >= 15 is 0 Å². The molecule has 1 aromatic rings. The molecule has 0 bridgehead atoms. The van der Waals surface area contributed by atoms with Gasteiger partial charge in [-0.25, -0.2) is 0 Å². The van der Waals surface area contributed by atoms with E-state index in [1.807, 2.05) is 42.5 Å². The summed E-state index contributed by atoms with van der Waals surface area (Å²) in [5, 5.41) is 15.4. The number of likely N-dealkylation sites (tertiary alicyclic amines) is 1. The van der Waals surface area contributed by atoms with E-state index in [1.54, 1.807) is 14.0 Å². The summed E-state index contributed by atoms with van der Waals surface area (Å²) >= 11 is 0. The fraction of sp³-hybridized carbons (Fsp3) is 0.542. The van der Waals surface area contributed by atoms with Gasteiger partial charge in [0.15, 0.2) is 0 Å². The molecule has 31 heavy (non-hydrogen) atoms. The highest BCUT2D eigenvalue weighted by molar-refractivity contribution is 5.97. The number of aliphatic hydroxyl groups excluding tert-OH is 1. The molecule has 7 heteroatoms. The molecule has 1 saturated heterocycles. The van der Waals surface area contributed by atoms with Gasteiger partial charge in [0.2, 0.25) is 17.7 Å². The zero-order valence-electron chi connectivity index (χ0n) is 18.5. The summed E-state index contributed by atoms with van der Waals surface area (Å²) in [5.74, 6) is -2.26. The van der Waals surface area contributed by atoms with Crippen LogP contribution in [0.3, 0.4) is 0 Å². The summed E-state index contributed by atoms with van der Waals surface area (Å²) < 4.78 is 0. The molecule has 168 valence electrons. The van der Waals surface area contributed by atoms with Crippen LogP contribution in [0.5, 0.6) is 0 Å². The molecule has 3 rings (SSSR count). The SMILES string of the molecule is CCC[C@@H]1C=C[C@H]2[C@H](C(=O)N([C@H](C)CO)[C@@H]2C(=O)NCc2ccccc2)[C@@H]1C(=O)NC. The lowest BCUT2D eigenvalue weighted by atomic mass is 9.68. The predicted molar refractivity (Wildman–Crippen MR) is 118 cm³/mol. The van der Waals surface area contributed by atoms with Crippen LogP contribution in [0, 0.1) is 23.7 Å². The third kappa shape index (κ3) is 4.51. The van der Waals surface area contributed by atoms with Crippen molar-refractivity contribution in [3.8, 4) is 0 Å². The summed E-state index contributed by atoms with van der Waals surface area (Å²) in [7, 11) is 1.58. The van der Waals surface area contributed by atoms with Gasteiger partial charge in [0.1, 0.15) is 6.04 Å². The summed E-state index contributed by atoms with van der Waals surface area (Å²) in [6.45, 7) is 3.89. The van der Waals surface area contributed by atoms with E-state index in [9.17, 15) is 19.5 Å². The minimum atomic E-state index is -0.755. The number of carbonyl (C=O) groups is 3. The van der Waals surface area contributed by atoms with Crippen molar-refractivity contribution in [1.29, 1.82) is 0 Å². The van der Waals surface area contributed by atoms with Crippen LogP contribution in [0.4, 0.5) is 0 Å². The number of hydrogen-bond donors (Lipinski definition) is 3. The van der Waals surface area contributed by atoms with E-state index in [1.165, 1.54) is 4.90 Å². The first-order chi connectivity index (χ1) is 14.9. The molecule has 0 aromatic heterocycles. The Labute approximate surface area is 183 Å². The molecule has 3 N–H and O–H groups in total. The van der Waals surface area contributed by atoms with Crippen LogP contribution in [-0.4, -0.2) is 53.5 Å². The van der Waals surface area contributed by atoms with Crippen LogP contribution in [0.25, 0.3) is 0 Å². The highest BCUT2D eigenvalue weighted by Gasteiger charge is 2.57. The molecule has 3 amide bonds. The first kappa shape index (κ1) is 23.0. The highest BCUT2D eigenvalue weighted by Crippen LogP contribution is 2.45. The Kier molecular flexibility index (Phi) is 7.49. The number of allylic oxidation sites excluding steroid dienone is 1. The van der Waals surface area contributed by atoms with Gasteiger partial charge < -0.3 is 20.6 Å². The van der Waals surface area contributed by atoms with Crippen molar-refractivity contribution in [3.63, 3.8) is 0 Å². The molecule has 0 saturated carbocycles. The molecule has 7 nitrogen and oxygen atoms in total. The third-order valence-corrected chi connectivity index (χ3v) is 6.54. The Morgan fingerprint density at radius 3 is 2.48 bits per heavy atom. The number of benzene rings is 1. The summed E-state index contributed by atoms with van der Waals surface area (Å²) in [5.41, 5.74) is 0.962. The van der Waals surface area contributed by atoms with Crippen molar-refractivity contribution < 1.29 is 19.5 Å². The van der Waals surface area contributed by atoms with E-state index in [4.69, 9.17) is 0 Å². The second kappa shape index (κ2) is 10.1. The normalized spacial score (nSPS) is 28.2. The fourth-order valence-electron chi connectivity index (χ4n) is 5.03. The molecule has 0 radical (unpaired) electrons. The van der Waals surface area contributed by atoms with Crippen LogP contribution in [0.2, 0.25) is 0 Å². The molecule has 0 unspecified atom stereocenters.